The van der Waals surface area contributed by atoms with Gasteiger partial charge in [0.25, 0.3) is 0 Å². The summed E-state index contributed by atoms with van der Waals surface area (Å²) in [5, 5.41) is 0. The number of hydrogen-bond donors (Lipinski definition) is 0. The minimum absolute atomic E-state index is 0.00869. The number of morpholine rings is 1. The maximum atomic E-state index is 13.3. The normalized spacial score (nSPS) is 26.2. The van der Waals surface area contributed by atoms with Gasteiger partial charge in [-0.3, -0.25) is 9.69 Å². The van der Waals surface area contributed by atoms with Gasteiger partial charge in [0.1, 0.15) is 12.4 Å². The molecule has 6 heteroatoms. The molecule has 2 bridgehead atoms. The van der Waals surface area contributed by atoms with Gasteiger partial charge in [-0.1, -0.05) is 48.5 Å². The number of carbonyl (C=O) groups is 2. The van der Waals surface area contributed by atoms with Crippen LogP contribution in [0.1, 0.15) is 49.1 Å². The largest absolute Gasteiger partial charge is 0.448 e. The second kappa shape index (κ2) is 9.75. The lowest BCUT2D eigenvalue weighted by molar-refractivity contribution is -0.132. The number of fused-ring (bicyclic) bond motifs is 5. The number of hydrogen-bond acceptors (Lipinski definition) is 5. The summed E-state index contributed by atoms with van der Waals surface area (Å²) in [5.74, 6) is 0.837. The quantitative estimate of drug-likeness (QED) is 0.622. The fraction of sp³-hybridized carbons (Fsp3) is 0.517. The Kier molecular flexibility index (Phi) is 6.33. The minimum Gasteiger partial charge on any atom is -0.448 e. The monoisotopic (exact) mass is 475 g/mol. The number of nitrogens with zero attached hydrogens (tertiary/aromatic N) is 1. The van der Waals surface area contributed by atoms with Gasteiger partial charge in [-0.2, -0.15) is 0 Å². The van der Waals surface area contributed by atoms with E-state index in [1.54, 1.807) is 0 Å². The Hall–Kier alpha value is -2.70. The molecule has 0 saturated carbocycles. The Labute approximate surface area is 206 Å². The molecule has 184 valence electrons. The third-order valence-corrected chi connectivity index (χ3v) is 8.35. The van der Waals surface area contributed by atoms with Crippen molar-refractivity contribution in [3.8, 4) is 11.1 Å². The van der Waals surface area contributed by atoms with Crippen LogP contribution in [0.2, 0.25) is 0 Å². The lowest BCUT2D eigenvalue weighted by Gasteiger charge is -2.47. The second-order valence-electron chi connectivity index (χ2n) is 10.5. The molecule has 35 heavy (non-hydrogen) atoms. The number of ketones is 1. The van der Waals surface area contributed by atoms with Crippen molar-refractivity contribution in [3.63, 3.8) is 0 Å². The maximum Gasteiger partial charge on any atom is 0.410 e. The van der Waals surface area contributed by atoms with Crippen molar-refractivity contribution in [3.05, 3.63) is 59.7 Å². The minimum atomic E-state index is -0.277. The van der Waals surface area contributed by atoms with E-state index in [0.29, 0.717) is 50.8 Å². The molecule has 3 heterocycles. The fourth-order valence-electron chi connectivity index (χ4n) is 6.55. The molecule has 0 radical (unpaired) electrons. The molecule has 3 fully saturated rings. The van der Waals surface area contributed by atoms with E-state index in [9.17, 15) is 9.59 Å². The van der Waals surface area contributed by atoms with E-state index in [1.807, 2.05) is 17.0 Å². The topological polar surface area (TPSA) is 65.1 Å². The molecular formula is C29H33NO5. The van der Waals surface area contributed by atoms with E-state index in [2.05, 4.69) is 36.4 Å². The molecule has 6 rings (SSSR count). The molecule has 2 atom stereocenters. The average molecular weight is 476 g/mol. The first kappa shape index (κ1) is 22.7. The average Bonchev–Trinajstić information content (AvgIpc) is 3.21. The zero-order valence-electron chi connectivity index (χ0n) is 20.1. The number of piperidine rings is 1. The van der Waals surface area contributed by atoms with Crippen molar-refractivity contribution in [2.45, 2.75) is 50.1 Å². The van der Waals surface area contributed by atoms with Gasteiger partial charge in [0.15, 0.2) is 0 Å². The standard InChI is InChI=1S/C29H33NO5/c31-28(13-19-9-11-33-12-10-19)20-14-21-16-34-17-22(15-20)30(21)29(32)35-18-27-25-7-3-1-5-23(25)24-6-2-4-8-26(24)27/h1-8,19-22,27H,9-18H2. The highest BCUT2D eigenvalue weighted by Crippen LogP contribution is 2.44. The predicted octanol–water partition coefficient (Wildman–Crippen LogP) is 4.80. The molecule has 2 unspecified atom stereocenters. The van der Waals surface area contributed by atoms with Gasteiger partial charge < -0.3 is 14.2 Å². The molecule has 1 aliphatic carbocycles. The maximum absolute atomic E-state index is 13.3. The highest BCUT2D eigenvalue weighted by Gasteiger charge is 2.45. The van der Waals surface area contributed by atoms with E-state index in [4.69, 9.17) is 14.2 Å². The van der Waals surface area contributed by atoms with Crippen molar-refractivity contribution in [2.24, 2.45) is 11.8 Å². The number of Topliss-reactive ketones (excluding diaryl/α,β-unsaturated/α-hetero) is 1. The summed E-state index contributed by atoms with van der Waals surface area (Å²) in [5.41, 5.74) is 4.86. The van der Waals surface area contributed by atoms with Crippen molar-refractivity contribution >= 4 is 11.9 Å². The van der Waals surface area contributed by atoms with E-state index < -0.39 is 0 Å². The molecule has 0 N–H and O–H groups in total. The predicted molar refractivity (Wildman–Crippen MR) is 131 cm³/mol. The van der Waals surface area contributed by atoms with Gasteiger partial charge in [0.2, 0.25) is 0 Å². The van der Waals surface area contributed by atoms with Gasteiger partial charge in [0, 0.05) is 31.5 Å². The van der Waals surface area contributed by atoms with Crippen LogP contribution in [0.3, 0.4) is 0 Å². The third-order valence-electron chi connectivity index (χ3n) is 8.35. The Morgan fingerprint density at radius 3 is 2.09 bits per heavy atom. The van der Waals surface area contributed by atoms with Gasteiger partial charge in [0.05, 0.1) is 25.3 Å². The number of benzene rings is 2. The van der Waals surface area contributed by atoms with Crippen LogP contribution in [0.4, 0.5) is 4.79 Å². The summed E-state index contributed by atoms with van der Waals surface area (Å²) >= 11 is 0. The highest BCUT2D eigenvalue weighted by atomic mass is 16.6. The summed E-state index contributed by atoms with van der Waals surface area (Å²) < 4.78 is 17.2. The summed E-state index contributed by atoms with van der Waals surface area (Å²) in [7, 11) is 0. The summed E-state index contributed by atoms with van der Waals surface area (Å²) in [6.07, 6.45) is 3.64. The molecule has 0 aromatic heterocycles. The van der Waals surface area contributed by atoms with Crippen molar-refractivity contribution in [1.29, 1.82) is 0 Å². The van der Waals surface area contributed by atoms with Gasteiger partial charge >= 0.3 is 6.09 Å². The van der Waals surface area contributed by atoms with Crippen LogP contribution in [-0.2, 0) is 19.0 Å². The molecule has 4 aliphatic rings. The Bertz CT molecular complexity index is 1030. The number of rotatable bonds is 5. The van der Waals surface area contributed by atoms with E-state index in [-0.39, 0.29) is 30.0 Å². The molecule has 2 aromatic rings. The first-order chi connectivity index (χ1) is 17.2. The number of amides is 1. The van der Waals surface area contributed by atoms with Gasteiger partial charge in [-0.25, -0.2) is 4.79 Å². The highest BCUT2D eigenvalue weighted by molar-refractivity contribution is 5.82. The molecule has 3 aliphatic heterocycles. The summed E-state index contributed by atoms with van der Waals surface area (Å²) in [6.45, 7) is 2.79. The van der Waals surface area contributed by atoms with Crippen molar-refractivity contribution in [2.75, 3.05) is 33.0 Å². The number of carbonyl (C=O) groups excluding carboxylic acids is 2. The molecule has 2 aromatic carbocycles. The zero-order valence-corrected chi connectivity index (χ0v) is 20.1. The molecule has 3 saturated heterocycles. The summed E-state index contributed by atoms with van der Waals surface area (Å²) in [6, 6.07) is 16.5. The second-order valence-corrected chi connectivity index (χ2v) is 10.5. The van der Waals surface area contributed by atoms with Crippen LogP contribution in [0.25, 0.3) is 11.1 Å². The van der Waals surface area contributed by atoms with Crippen molar-refractivity contribution in [1.82, 2.24) is 4.90 Å². The van der Waals surface area contributed by atoms with Crippen LogP contribution >= 0.6 is 0 Å². The van der Waals surface area contributed by atoms with Crippen LogP contribution in [0.15, 0.2) is 48.5 Å². The Balaban J connectivity index is 1.11. The van der Waals surface area contributed by atoms with E-state index in [1.165, 1.54) is 22.3 Å². The lowest BCUT2D eigenvalue weighted by atomic mass is 9.79. The molecule has 1 amide bonds. The van der Waals surface area contributed by atoms with Crippen molar-refractivity contribution < 1.29 is 23.8 Å². The molecule has 0 spiro atoms. The van der Waals surface area contributed by atoms with Gasteiger partial charge in [-0.05, 0) is 53.9 Å². The van der Waals surface area contributed by atoms with E-state index in [0.717, 1.165) is 26.1 Å². The van der Waals surface area contributed by atoms with E-state index >= 15 is 0 Å². The molecule has 6 nitrogen and oxygen atoms in total. The first-order valence-corrected chi connectivity index (χ1v) is 13.0. The SMILES string of the molecule is O=C(CC1CCOCC1)C1CC2COCC(C1)N2C(=O)OCC1c2ccccc2-c2ccccc21. The van der Waals surface area contributed by atoms with Crippen LogP contribution < -0.4 is 0 Å². The van der Waals surface area contributed by atoms with Crippen LogP contribution in [0.5, 0.6) is 0 Å². The third kappa shape index (κ3) is 4.38. The van der Waals surface area contributed by atoms with Crippen LogP contribution in [-0.4, -0.2) is 61.9 Å². The smallest absolute Gasteiger partial charge is 0.410 e. The first-order valence-electron chi connectivity index (χ1n) is 13.0. The zero-order chi connectivity index (χ0) is 23.8. The fourth-order valence-corrected chi connectivity index (χ4v) is 6.55. The van der Waals surface area contributed by atoms with Gasteiger partial charge in [-0.15, -0.1) is 0 Å². The Morgan fingerprint density at radius 1 is 0.857 bits per heavy atom. The molecular weight excluding hydrogens is 442 g/mol. The number of ether oxygens (including phenoxy) is 3. The Morgan fingerprint density at radius 2 is 1.46 bits per heavy atom. The summed E-state index contributed by atoms with van der Waals surface area (Å²) in [4.78, 5) is 28.3. The van der Waals surface area contributed by atoms with Crippen LogP contribution in [0, 0.1) is 11.8 Å². The lowest BCUT2D eigenvalue weighted by Crippen LogP contribution is -2.60.